The van der Waals surface area contributed by atoms with Gasteiger partial charge in [-0.1, -0.05) is 17.7 Å². The Bertz CT molecular complexity index is 492. The summed E-state index contributed by atoms with van der Waals surface area (Å²) in [5.74, 6) is -1.04. The lowest BCUT2D eigenvalue weighted by molar-refractivity contribution is -0.112. The number of esters is 1. The van der Waals surface area contributed by atoms with Gasteiger partial charge in [0.25, 0.3) is 0 Å². The van der Waals surface area contributed by atoms with E-state index in [1.165, 1.54) is 38.3 Å². The number of allylic oxidation sites excluding steroid dienone is 1. The number of ether oxygens (including phenoxy) is 1. The number of rotatable bonds is 3. The van der Waals surface area contributed by atoms with E-state index in [0.29, 0.717) is 5.56 Å². The van der Waals surface area contributed by atoms with Crippen LogP contribution in [0.25, 0.3) is 6.08 Å². The lowest BCUT2D eigenvalue weighted by Crippen LogP contribution is -2.02. The summed E-state index contributed by atoms with van der Waals surface area (Å²) < 4.78 is 4.50. The zero-order valence-corrected chi connectivity index (χ0v) is 10.1. The Labute approximate surface area is 103 Å². The normalized spacial score (nSPS) is 10.5. The second kappa shape index (κ2) is 5.50. The van der Waals surface area contributed by atoms with Crippen molar-refractivity contribution in [3.05, 3.63) is 34.4 Å². The van der Waals surface area contributed by atoms with Crippen molar-refractivity contribution in [2.24, 2.45) is 0 Å². The van der Waals surface area contributed by atoms with E-state index >= 15 is 0 Å². The maximum Gasteiger partial charge on any atom is 0.339 e. The number of methoxy groups -OCH3 is 1. The molecule has 0 aliphatic rings. The molecule has 0 saturated carbocycles. The van der Waals surface area contributed by atoms with Crippen molar-refractivity contribution in [1.82, 2.24) is 0 Å². The molecule has 17 heavy (non-hydrogen) atoms. The first-order chi connectivity index (χ1) is 7.97. The predicted molar refractivity (Wildman–Crippen MR) is 64.2 cm³/mol. The molecule has 90 valence electrons. The van der Waals surface area contributed by atoms with Gasteiger partial charge in [-0.25, -0.2) is 4.79 Å². The number of hydrogen-bond acceptors (Lipinski definition) is 4. The number of carbonyl (C=O) groups is 2. The maximum absolute atomic E-state index is 11.3. The zero-order valence-electron chi connectivity index (χ0n) is 9.36. The molecule has 0 heterocycles. The molecule has 1 aromatic carbocycles. The summed E-state index contributed by atoms with van der Waals surface area (Å²) in [5.41, 5.74) is 0.435. The first-order valence-corrected chi connectivity index (χ1v) is 5.13. The second-order valence-corrected chi connectivity index (χ2v) is 3.68. The Balaban J connectivity index is 3.19. The van der Waals surface area contributed by atoms with Crippen LogP contribution >= 0.6 is 11.6 Å². The highest BCUT2D eigenvalue weighted by Crippen LogP contribution is 2.32. The molecule has 0 saturated heterocycles. The highest BCUT2D eigenvalue weighted by Gasteiger charge is 2.15. The van der Waals surface area contributed by atoms with Crippen LogP contribution < -0.4 is 0 Å². The molecule has 0 amide bonds. The van der Waals surface area contributed by atoms with E-state index in [-0.39, 0.29) is 22.1 Å². The Hall–Kier alpha value is -1.81. The van der Waals surface area contributed by atoms with Crippen LogP contribution in [0.5, 0.6) is 5.75 Å². The van der Waals surface area contributed by atoms with Gasteiger partial charge in [0, 0.05) is 5.56 Å². The zero-order chi connectivity index (χ0) is 13.0. The molecule has 0 aliphatic carbocycles. The highest BCUT2D eigenvalue weighted by molar-refractivity contribution is 6.35. The molecule has 1 aromatic rings. The minimum atomic E-state index is -0.632. The predicted octanol–water partition coefficient (Wildman–Crippen LogP) is 2.43. The highest BCUT2D eigenvalue weighted by atomic mass is 35.5. The molecule has 5 heteroatoms. The van der Waals surface area contributed by atoms with Crippen molar-refractivity contribution in [2.45, 2.75) is 6.92 Å². The van der Waals surface area contributed by atoms with Crippen molar-refractivity contribution >= 4 is 29.4 Å². The first-order valence-electron chi connectivity index (χ1n) is 4.75. The van der Waals surface area contributed by atoms with Crippen molar-refractivity contribution in [1.29, 1.82) is 0 Å². The Kier molecular flexibility index (Phi) is 4.29. The first kappa shape index (κ1) is 13.3. The van der Waals surface area contributed by atoms with Gasteiger partial charge in [0.15, 0.2) is 5.78 Å². The van der Waals surface area contributed by atoms with E-state index in [4.69, 9.17) is 11.6 Å². The summed E-state index contributed by atoms with van der Waals surface area (Å²) in [6.45, 7) is 1.39. The monoisotopic (exact) mass is 254 g/mol. The third-order valence-corrected chi connectivity index (χ3v) is 2.43. The van der Waals surface area contributed by atoms with E-state index in [0.717, 1.165) is 0 Å². The summed E-state index contributed by atoms with van der Waals surface area (Å²) in [4.78, 5) is 22.0. The van der Waals surface area contributed by atoms with Crippen molar-refractivity contribution in [2.75, 3.05) is 7.11 Å². The summed E-state index contributed by atoms with van der Waals surface area (Å²) in [6.07, 6.45) is 2.72. The number of aromatic hydroxyl groups is 1. The van der Waals surface area contributed by atoms with Crippen molar-refractivity contribution < 1.29 is 19.4 Å². The minimum Gasteiger partial charge on any atom is -0.506 e. The van der Waals surface area contributed by atoms with Gasteiger partial charge in [-0.05, 0) is 25.1 Å². The minimum absolute atomic E-state index is 0.0756. The van der Waals surface area contributed by atoms with Crippen LogP contribution in [0.15, 0.2) is 18.2 Å². The fourth-order valence-electron chi connectivity index (χ4n) is 1.19. The Morgan fingerprint density at radius 2 is 2.06 bits per heavy atom. The van der Waals surface area contributed by atoms with E-state index in [2.05, 4.69) is 4.74 Å². The Morgan fingerprint density at radius 3 is 2.59 bits per heavy atom. The van der Waals surface area contributed by atoms with Crippen LogP contribution in [0.1, 0.15) is 22.8 Å². The van der Waals surface area contributed by atoms with Gasteiger partial charge >= 0.3 is 5.97 Å². The SMILES string of the molecule is COC(=O)c1ccc(/C=C/C(C)=O)c(O)c1Cl. The van der Waals surface area contributed by atoms with Gasteiger partial charge in [0.2, 0.25) is 0 Å². The molecule has 0 fully saturated rings. The van der Waals surface area contributed by atoms with E-state index in [1.54, 1.807) is 0 Å². The lowest BCUT2D eigenvalue weighted by atomic mass is 10.1. The molecule has 1 rings (SSSR count). The van der Waals surface area contributed by atoms with Crippen LogP contribution in [0.2, 0.25) is 5.02 Å². The topological polar surface area (TPSA) is 63.6 Å². The molecule has 0 radical (unpaired) electrons. The average molecular weight is 255 g/mol. The summed E-state index contributed by atoms with van der Waals surface area (Å²) >= 11 is 5.82. The molecule has 0 spiro atoms. The van der Waals surface area contributed by atoms with Crippen LogP contribution in [0, 0.1) is 0 Å². The van der Waals surface area contributed by atoms with Crippen LogP contribution in [-0.2, 0) is 9.53 Å². The van der Waals surface area contributed by atoms with Crippen molar-refractivity contribution in [3.63, 3.8) is 0 Å². The summed E-state index contributed by atoms with van der Waals surface area (Å²) in [5, 5.41) is 9.64. The third-order valence-electron chi connectivity index (χ3n) is 2.05. The number of phenols is 1. The number of halogens is 1. The molecule has 1 N–H and O–H groups in total. The number of benzene rings is 1. The number of hydrogen-bond donors (Lipinski definition) is 1. The van der Waals surface area contributed by atoms with Crippen molar-refractivity contribution in [3.8, 4) is 5.75 Å². The smallest absolute Gasteiger partial charge is 0.339 e. The molecule has 0 atom stereocenters. The standard InChI is InChI=1S/C12H11ClO4/c1-7(14)3-4-8-5-6-9(12(16)17-2)10(13)11(8)15/h3-6,15H,1-2H3/b4-3+. The van der Waals surface area contributed by atoms with Gasteiger partial charge in [-0.2, -0.15) is 0 Å². The average Bonchev–Trinajstić information content (AvgIpc) is 2.30. The molecule has 0 aromatic heterocycles. The number of phenolic OH excluding ortho intramolecular Hbond substituents is 1. The largest absolute Gasteiger partial charge is 0.506 e. The van der Waals surface area contributed by atoms with E-state index in [1.807, 2.05) is 0 Å². The number of carbonyl (C=O) groups excluding carboxylic acids is 2. The van der Waals surface area contributed by atoms with Gasteiger partial charge in [0.05, 0.1) is 17.7 Å². The number of ketones is 1. The van der Waals surface area contributed by atoms with Gasteiger partial charge in [-0.3, -0.25) is 4.79 Å². The van der Waals surface area contributed by atoms with Gasteiger partial charge in [0.1, 0.15) is 5.75 Å². The van der Waals surface area contributed by atoms with E-state index in [9.17, 15) is 14.7 Å². The molecule has 0 aliphatic heterocycles. The maximum atomic E-state index is 11.3. The van der Waals surface area contributed by atoms with Crippen LogP contribution in [0.4, 0.5) is 0 Å². The summed E-state index contributed by atoms with van der Waals surface area (Å²) in [7, 11) is 1.22. The molecular formula is C12H11ClO4. The van der Waals surface area contributed by atoms with Crippen LogP contribution in [0.3, 0.4) is 0 Å². The molecular weight excluding hydrogens is 244 g/mol. The quantitative estimate of drug-likeness (QED) is 0.665. The van der Waals surface area contributed by atoms with Gasteiger partial charge < -0.3 is 9.84 Å². The van der Waals surface area contributed by atoms with E-state index < -0.39 is 5.97 Å². The van der Waals surface area contributed by atoms with Gasteiger partial charge in [-0.15, -0.1) is 0 Å². The fourth-order valence-corrected chi connectivity index (χ4v) is 1.44. The van der Waals surface area contributed by atoms with Crippen LogP contribution in [-0.4, -0.2) is 24.0 Å². The fraction of sp³-hybridized carbons (Fsp3) is 0.167. The third kappa shape index (κ3) is 3.07. The molecule has 0 bridgehead atoms. The second-order valence-electron chi connectivity index (χ2n) is 3.30. The molecule has 0 unspecified atom stereocenters. The molecule has 4 nitrogen and oxygen atoms in total. The summed E-state index contributed by atoms with van der Waals surface area (Å²) in [6, 6.07) is 2.90. The lowest BCUT2D eigenvalue weighted by Gasteiger charge is -2.06. The Morgan fingerprint density at radius 1 is 1.41 bits per heavy atom.